The van der Waals surface area contributed by atoms with Crippen LogP contribution in [0.5, 0.6) is 0 Å². The molecule has 1 saturated carbocycles. The van der Waals surface area contributed by atoms with Crippen LogP contribution in [0.25, 0.3) is 0 Å². The standard InChI is InChI=1S/C15H25N3O2/c1-15(2,3)20-14(19)10-18-13(16)9-12(17-18)11-7-5-4-6-8-11/h9,11H,4-8,10,16H2,1-3H3. The number of hydrogen-bond donors (Lipinski definition) is 1. The average Bonchev–Trinajstić information content (AvgIpc) is 2.70. The minimum atomic E-state index is -0.481. The number of carbonyl (C=O) groups is 1. The van der Waals surface area contributed by atoms with Gasteiger partial charge in [0.1, 0.15) is 18.0 Å². The number of hydrogen-bond acceptors (Lipinski definition) is 4. The molecule has 1 aliphatic carbocycles. The number of rotatable bonds is 3. The third-order valence-corrected chi connectivity index (χ3v) is 3.55. The van der Waals surface area contributed by atoms with Crippen LogP contribution in [0.2, 0.25) is 0 Å². The van der Waals surface area contributed by atoms with E-state index in [1.165, 1.54) is 32.1 Å². The van der Waals surface area contributed by atoms with Gasteiger partial charge in [0, 0.05) is 12.0 Å². The monoisotopic (exact) mass is 279 g/mol. The van der Waals surface area contributed by atoms with Crippen molar-refractivity contribution in [1.82, 2.24) is 9.78 Å². The lowest BCUT2D eigenvalue weighted by Gasteiger charge is -2.20. The van der Waals surface area contributed by atoms with Gasteiger partial charge in [-0.1, -0.05) is 19.3 Å². The molecule has 5 heteroatoms. The van der Waals surface area contributed by atoms with Crippen molar-refractivity contribution in [3.05, 3.63) is 11.8 Å². The highest BCUT2D eigenvalue weighted by Gasteiger charge is 2.21. The Labute approximate surface area is 120 Å². The molecule has 5 nitrogen and oxygen atoms in total. The lowest BCUT2D eigenvalue weighted by atomic mass is 9.87. The number of anilines is 1. The predicted octanol–water partition coefficient (Wildman–Crippen LogP) is 2.85. The number of ether oxygens (including phenoxy) is 1. The maximum atomic E-state index is 11.8. The Kier molecular flexibility index (Phi) is 4.35. The van der Waals surface area contributed by atoms with Crippen LogP contribution >= 0.6 is 0 Å². The summed E-state index contributed by atoms with van der Waals surface area (Å²) in [4.78, 5) is 11.8. The van der Waals surface area contributed by atoms with E-state index in [4.69, 9.17) is 10.5 Å². The average molecular weight is 279 g/mol. The summed E-state index contributed by atoms with van der Waals surface area (Å²) in [6.45, 7) is 5.64. The van der Waals surface area contributed by atoms with Crippen LogP contribution < -0.4 is 5.73 Å². The summed E-state index contributed by atoms with van der Waals surface area (Å²) in [5, 5.41) is 4.49. The molecule has 0 saturated heterocycles. The number of nitrogen functional groups attached to an aromatic ring is 1. The quantitative estimate of drug-likeness (QED) is 0.864. The normalized spacial score (nSPS) is 17.1. The second-order valence-electron chi connectivity index (χ2n) is 6.57. The first kappa shape index (κ1) is 14.9. The van der Waals surface area contributed by atoms with Gasteiger partial charge in [-0.2, -0.15) is 5.10 Å². The molecule has 0 amide bonds. The van der Waals surface area contributed by atoms with Gasteiger partial charge < -0.3 is 10.5 Å². The van der Waals surface area contributed by atoms with Crippen molar-refractivity contribution in [3.63, 3.8) is 0 Å². The Morgan fingerprint density at radius 3 is 2.65 bits per heavy atom. The molecule has 112 valence electrons. The highest BCUT2D eigenvalue weighted by atomic mass is 16.6. The van der Waals surface area contributed by atoms with Gasteiger partial charge in [0.05, 0.1) is 5.69 Å². The summed E-state index contributed by atoms with van der Waals surface area (Å²) in [6, 6.07) is 1.90. The van der Waals surface area contributed by atoms with Crippen LogP contribution in [0.15, 0.2) is 6.07 Å². The first-order valence-electron chi connectivity index (χ1n) is 7.40. The van der Waals surface area contributed by atoms with Crippen LogP contribution in [0.1, 0.15) is 64.5 Å². The lowest BCUT2D eigenvalue weighted by Crippen LogP contribution is -2.27. The lowest BCUT2D eigenvalue weighted by molar-refractivity contribution is -0.155. The number of nitrogens with two attached hydrogens (primary N) is 1. The molecule has 0 bridgehead atoms. The summed E-state index contributed by atoms with van der Waals surface area (Å²) >= 11 is 0. The Hall–Kier alpha value is -1.52. The van der Waals surface area contributed by atoms with E-state index in [1.807, 2.05) is 26.8 Å². The van der Waals surface area contributed by atoms with E-state index < -0.39 is 5.60 Å². The summed E-state index contributed by atoms with van der Waals surface area (Å²) in [5.41, 5.74) is 6.49. The van der Waals surface area contributed by atoms with Crippen molar-refractivity contribution >= 4 is 11.8 Å². The van der Waals surface area contributed by atoms with Crippen LogP contribution in [0, 0.1) is 0 Å². The van der Waals surface area contributed by atoms with Crippen molar-refractivity contribution in [2.45, 2.75) is 70.9 Å². The molecule has 0 aromatic carbocycles. The van der Waals surface area contributed by atoms with Gasteiger partial charge in [-0.3, -0.25) is 4.79 Å². The van der Waals surface area contributed by atoms with E-state index in [0.717, 1.165) is 5.69 Å². The summed E-state index contributed by atoms with van der Waals surface area (Å²) in [6.07, 6.45) is 6.16. The summed E-state index contributed by atoms with van der Waals surface area (Å²) < 4.78 is 6.85. The molecule has 0 spiro atoms. The maximum absolute atomic E-state index is 11.8. The fourth-order valence-corrected chi connectivity index (χ4v) is 2.67. The Balaban J connectivity index is 2.02. The third kappa shape index (κ3) is 3.99. The van der Waals surface area contributed by atoms with Gasteiger partial charge in [0.2, 0.25) is 0 Å². The zero-order valence-corrected chi connectivity index (χ0v) is 12.7. The first-order chi connectivity index (χ1) is 9.35. The minimum Gasteiger partial charge on any atom is -0.459 e. The number of carbonyl (C=O) groups excluding carboxylic acids is 1. The molecule has 0 unspecified atom stereocenters. The molecule has 0 aliphatic heterocycles. The second kappa shape index (κ2) is 5.85. The Morgan fingerprint density at radius 2 is 2.05 bits per heavy atom. The van der Waals surface area contributed by atoms with E-state index in [-0.39, 0.29) is 12.5 Å². The van der Waals surface area contributed by atoms with Gasteiger partial charge in [0.15, 0.2) is 0 Å². The molecule has 1 aliphatic rings. The predicted molar refractivity (Wildman–Crippen MR) is 78.3 cm³/mol. The van der Waals surface area contributed by atoms with Crippen LogP contribution in [0.4, 0.5) is 5.82 Å². The van der Waals surface area contributed by atoms with Gasteiger partial charge >= 0.3 is 5.97 Å². The molecule has 2 N–H and O–H groups in total. The Bertz CT molecular complexity index is 468. The van der Waals surface area contributed by atoms with E-state index in [0.29, 0.717) is 11.7 Å². The van der Waals surface area contributed by atoms with Crippen LogP contribution in [-0.4, -0.2) is 21.4 Å². The molecule has 1 aromatic rings. The number of nitrogens with zero attached hydrogens (tertiary/aromatic N) is 2. The van der Waals surface area contributed by atoms with E-state index in [1.54, 1.807) is 4.68 Å². The van der Waals surface area contributed by atoms with E-state index in [2.05, 4.69) is 5.10 Å². The fraction of sp³-hybridized carbons (Fsp3) is 0.733. The van der Waals surface area contributed by atoms with Gasteiger partial charge in [-0.05, 0) is 33.6 Å². The molecule has 1 fully saturated rings. The molecule has 0 radical (unpaired) electrons. The van der Waals surface area contributed by atoms with Crippen molar-refractivity contribution in [3.8, 4) is 0 Å². The molecule has 1 heterocycles. The van der Waals surface area contributed by atoms with Crippen molar-refractivity contribution in [1.29, 1.82) is 0 Å². The SMILES string of the molecule is CC(C)(C)OC(=O)Cn1nc(C2CCCCC2)cc1N. The van der Waals surface area contributed by atoms with Crippen LogP contribution in [-0.2, 0) is 16.1 Å². The van der Waals surface area contributed by atoms with E-state index >= 15 is 0 Å². The highest BCUT2D eigenvalue weighted by molar-refractivity contribution is 5.70. The second-order valence-corrected chi connectivity index (χ2v) is 6.57. The molecule has 0 atom stereocenters. The zero-order valence-electron chi connectivity index (χ0n) is 12.7. The third-order valence-electron chi connectivity index (χ3n) is 3.55. The topological polar surface area (TPSA) is 70.1 Å². The van der Waals surface area contributed by atoms with E-state index in [9.17, 15) is 4.79 Å². The largest absolute Gasteiger partial charge is 0.459 e. The molecule has 20 heavy (non-hydrogen) atoms. The van der Waals surface area contributed by atoms with Gasteiger partial charge in [-0.25, -0.2) is 4.68 Å². The Morgan fingerprint density at radius 1 is 1.40 bits per heavy atom. The fourth-order valence-electron chi connectivity index (χ4n) is 2.67. The van der Waals surface area contributed by atoms with Crippen molar-refractivity contribution < 1.29 is 9.53 Å². The molecule has 1 aromatic heterocycles. The molecule has 2 rings (SSSR count). The van der Waals surface area contributed by atoms with Crippen molar-refractivity contribution in [2.24, 2.45) is 0 Å². The smallest absolute Gasteiger partial charge is 0.328 e. The van der Waals surface area contributed by atoms with Gasteiger partial charge in [0.25, 0.3) is 0 Å². The first-order valence-corrected chi connectivity index (χ1v) is 7.40. The number of esters is 1. The van der Waals surface area contributed by atoms with Crippen molar-refractivity contribution in [2.75, 3.05) is 5.73 Å². The van der Waals surface area contributed by atoms with Crippen LogP contribution in [0.3, 0.4) is 0 Å². The zero-order chi connectivity index (χ0) is 14.8. The maximum Gasteiger partial charge on any atom is 0.328 e. The summed E-state index contributed by atoms with van der Waals surface area (Å²) in [7, 11) is 0. The minimum absolute atomic E-state index is 0.0792. The highest BCUT2D eigenvalue weighted by Crippen LogP contribution is 2.32. The molecular formula is C15H25N3O2. The van der Waals surface area contributed by atoms with Gasteiger partial charge in [-0.15, -0.1) is 0 Å². The molecular weight excluding hydrogens is 254 g/mol. The number of aromatic nitrogens is 2. The summed E-state index contributed by atoms with van der Waals surface area (Å²) in [5.74, 6) is 0.727.